The molecule has 0 aliphatic rings. The van der Waals surface area contributed by atoms with Crippen molar-refractivity contribution >= 4 is 21.8 Å². The van der Waals surface area contributed by atoms with E-state index in [9.17, 15) is 4.79 Å². The Labute approximate surface area is 157 Å². The van der Waals surface area contributed by atoms with Crippen molar-refractivity contribution in [2.24, 2.45) is 0 Å². The van der Waals surface area contributed by atoms with Gasteiger partial charge in [-0.05, 0) is 62.6 Å². The molecule has 0 radical (unpaired) electrons. The third-order valence-electron chi connectivity index (χ3n) is 3.88. The standard InChI is InChI=1S/C20H24BrNO3/c1-4-25-19-13-16(9-12-18(19)24-3)20(23)22-14(2)5-6-15-7-10-17(21)11-8-15/h7-14H,4-6H2,1-3H3,(H,22,23). The summed E-state index contributed by atoms with van der Waals surface area (Å²) in [5, 5.41) is 3.04. The van der Waals surface area contributed by atoms with Crippen molar-refractivity contribution in [3.05, 3.63) is 58.1 Å². The van der Waals surface area contributed by atoms with Gasteiger partial charge in [0.1, 0.15) is 0 Å². The number of benzene rings is 2. The van der Waals surface area contributed by atoms with Gasteiger partial charge in [-0.2, -0.15) is 0 Å². The van der Waals surface area contributed by atoms with Gasteiger partial charge in [-0.3, -0.25) is 4.79 Å². The number of hydrogen-bond acceptors (Lipinski definition) is 3. The fourth-order valence-corrected chi connectivity index (χ4v) is 2.76. The van der Waals surface area contributed by atoms with Crippen molar-refractivity contribution in [1.29, 1.82) is 0 Å². The van der Waals surface area contributed by atoms with Gasteiger partial charge in [0.15, 0.2) is 11.5 Å². The maximum absolute atomic E-state index is 12.5. The maximum atomic E-state index is 12.5. The monoisotopic (exact) mass is 405 g/mol. The first-order valence-corrected chi connectivity index (χ1v) is 9.19. The van der Waals surface area contributed by atoms with Gasteiger partial charge in [0, 0.05) is 16.1 Å². The summed E-state index contributed by atoms with van der Waals surface area (Å²) < 4.78 is 11.9. The SMILES string of the molecule is CCOc1cc(C(=O)NC(C)CCc2ccc(Br)cc2)ccc1OC. The van der Waals surface area contributed by atoms with Crippen molar-refractivity contribution in [2.75, 3.05) is 13.7 Å². The normalized spacial score (nSPS) is 11.7. The molecule has 0 fully saturated rings. The van der Waals surface area contributed by atoms with Crippen LogP contribution in [0.4, 0.5) is 0 Å². The zero-order chi connectivity index (χ0) is 18.2. The van der Waals surface area contributed by atoms with E-state index in [2.05, 4.69) is 33.4 Å². The molecule has 2 aromatic rings. The van der Waals surface area contributed by atoms with Gasteiger partial charge in [0.05, 0.1) is 13.7 Å². The van der Waals surface area contributed by atoms with Crippen molar-refractivity contribution in [3.8, 4) is 11.5 Å². The highest BCUT2D eigenvalue weighted by atomic mass is 79.9. The van der Waals surface area contributed by atoms with Gasteiger partial charge >= 0.3 is 0 Å². The van der Waals surface area contributed by atoms with Crippen LogP contribution in [0.1, 0.15) is 36.2 Å². The quantitative estimate of drug-likeness (QED) is 0.697. The number of halogens is 1. The zero-order valence-corrected chi connectivity index (χ0v) is 16.4. The topological polar surface area (TPSA) is 47.6 Å². The average molecular weight is 406 g/mol. The number of nitrogens with one attached hydrogen (secondary N) is 1. The zero-order valence-electron chi connectivity index (χ0n) is 14.8. The number of carbonyl (C=O) groups is 1. The molecule has 0 aliphatic heterocycles. The highest BCUT2D eigenvalue weighted by molar-refractivity contribution is 9.10. The Morgan fingerprint density at radius 1 is 1.16 bits per heavy atom. The van der Waals surface area contributed by atoms with Crippen molar-refractivity contribution in [2.45, 2.75) is 32.7 Å². The molecule has 2 rings (SSSR count). The first kappa shape index (κ1) is 19.3. The van der Waals surface area contributed by atoms with E-state index in [1.165, 1.54) is 5.56 Å². The molecule has 4 nitrogen and oxygen atoms in total. The summed E-state index contributed by atoms with van der Waals surface area (Å²) in [7, 11) is 1.59. The number of ether oxygens (including phenoxy) is 2. The molecule has 1 N–H and O–H groups in total. The van der Waals surface area contributed by atoms with Crippen LogP contribution in [0.25, 0.3) is 0 Å². The summed E-state index contributed by atoms with van der Waals surface area (Å²) in [6.07, 6.45) is 1.80. The Hall–Kier alpha value is -2.01. The number of rotatable bonds is 8. The van der Waals surface area contributed by atoms with Crippen LogP contribution >= 0.6 is 15.9 Å². The number of hydrogen-bond donors (Lipinski definition) is 1. The minimum absolute atomic E-state index is 0.0776. The lowest BCUT2D eigenvalue weighted by Gasteiger charge is -2.15. The summed E-state index contributed by atoms with van der Waals surface area (Å²) >= 11 is 3.44. The van der Waals surface area contributed by atoms with Gasteiger partial charge in [-0.1, -0.05) is 28.1 Å². The first-order chi connectivity index (χ1) is 12.0. The molecular formula is C20H24BrNO3. The second-order valence-electron chi connectivity index (χ2n) is 5.84. The van der Waals surface area contributed by atoms with Crippen molar-refractivity contribution in [1.82, 2.24) is 5.32 Å². The number of methoxy groups -OCH3 is 1. The minimum atomic E-state index is -0.105. The Morgan fingerprint density at radius 3 is 2.52 bits per heavy atom. The van der Waals surface area contributed by atoms with E-state index in [0.29, 0.717) is 23.7 Å². The second-order valence-corrected chi connectivity index (χ2v) is 6.75. The van der Waals surface area contributed by atoms with Gasteiger partial charge in [-0.25, -0.2) is 0 Å². The predicted molar refractivity (Wildman–Crippen MR) is 104 cm³/mol. The van der Waals surface area contributed by atoms with Crippen LogP contribution in [0.3, 0.4) is 0 Å². The second kappa shape index (κ2) is 9.47. The lowest BCUT2D eigenvalue weighted by atomic mass is 10.1. The van der Waals surface area contributed by atoms with E-state index in [-0.39, 0.29) is 11.9 Å². The van der Waals surface area contributed by atoms with Crippen LogP contribution in [0, 0.1) is 0 Å². The fourth-order valence-electron chi connectivity index (χ4n) is 2.50. The van der Waals surface area contributed by atoms with Crippen molar-refractivity contribution < 1.29 is 14.3 Å². The van der Waals surface area contributed by atoms with Gasteiger partial charge < -0.3 is 14.8 Å². The molecule has 0 aromatic heterocycles. The first-order valence-electron chi connectivity index (χ1n) is 8.39. The molecule has 25 heavy (non-hydrogen) atoms. The number of amides is 1. The summed E-state index contributed by atoms with van der Waals surface area (Å²) in [5.41, 5.74) is 1.83. The van der Waals surface area contributed by atoms with Crippen LogP contribution in [-0.4, -0.2) is 25.7 Å². The maximum Gasteiger partial charge on any atom is 0.251 e. The molecule has 1 unspecified atom stereocenters. The Kier molecular flexibility index (Phi) is 7.31. The van der Waals surface area contributed by atoms with Crippen LogP contribution in [0.5, 0.6) is 11.5 Å². The summed E-state index contributed by atoms with van der Waals surface area (Å²) in [6.45, 7) is 4.44. The molecule has 1 atom stereocenters. The third-order valence-corrected chi connectivity index (χ3v) is 4.41. The molecule has 0 bridgehead atoms. The minimum Gasteiger partial charge on any atom is -0.493 e. The Balaban J connectivity index is 1.94. The summed E-state index contributed by atoms with van der Waals surface area (Å²) in [4.78, 5) is 12.5. The molecule has 1 amide bonds. The van der Waals surface area contributed by atoms with Crippen LogP contribution in [0.15, 0.2) is 46.9 Å². The van der Waals surface area contributed by atoms with Crippen LogP contribution in [0.2, 0.25) is 0 Å². The Morgan fingerprint density at radius 2 is 1.88 bits per heavy atom. The predicted octanol–water partition coefficient (Wildman–Crippen LogP) is 4.61. The summed E-state index contributed by atoms with van der Waals surface area (Å²) in [6, 6.07) is 13.6. The third kappa shape index (κ3) is 5.78. The van der Waals surface area contributed by atoms with E-state index in [1.807, 2.05) is 26.0 Å². The molecule has 0 spiro atoms. The Bertz CT molecular complexity index is 701. The lowest BCUT2D eigenvalue weighted by molar-refractivity contribution is 0.0938. The van der Waals surface area contributed by atoms with Crippen LogP contribution in [-0.2, 0) is 6.42 Å². The average Bonchev–Trinajstić information content (AvgIpc) is 2.61. The van der Waals surface area contributed by atoms with Crippen molar-refractivity contribution in [3.63, 3.8) is 0 Å². The molecule has 0 saturated carbocycles. The van der Waals surface area contributed by atoms with Crippen LogP contribution < -0.4 is 14.8 Å². The molecule has 2 aromatic carbocycles. The molecule has 134 valence electrons. The van der Waals surface area contributed by atoms with E-state index in [4.69, 9.17) is 9.47 Å². The molecule has 0 aliphatic carbocycles. The number of aryl methyl sites for hydroxylation is 1. The highest BCUT2D eigenvalue weighted by Gasteiger charge is 2.13. The van der Waals surface area contributed by atoms with E-state index in [0.717, 1.165) is 17.3 Å². The summed E-state index contributed by atoms with van der Waals surface area (Å²) in [5.74, 6) is 1.11. The molecule has 0 heterocycles. The molecule has 0 saturated heterocycles. The van der Waals surface area contributed by atoms with E-state index in [1.54, 1.807) is 25.3 Å². The highest BCUT2D eigenvalue weighted by Crippen LogP contribution is 2.28. The lowest BCUT2D eigenvalue weighted by Crippen LogP contribution is -2.32. The number of carbonyl (C=O) groups excluding carboxylic acids is 1. The van der Waals surface area contributed by atoms with E-state index < -0.39 is 0 Å². The molecular weight excluding hydrogens is 382 g/mol. The fraction of sp³-hybridized carbons (Fsp3) is 0.350. The van der Waals surface area contributed by atoms with Gasteiger partial charge in [0.25, 0.3) is 5.91 Å². The smallest absolute Gasteiger partial charge is 0.251 e. The molecule has 5 heteroatoms. The van der Waals surface area contributed by atoms with E-state index >= 15 is 0 Å². The largest absolute Gasteiger partial charge is 0.493 e. The van der Waals surface area contributed by atoms with Gasteiger partial charge in [-0.15, -0.1) is 0 Å². The van der Waals surface area contributed by atoms with Gasteiger partial charge in [0.2, 0.25) is 0 Å².